The molecule has 36 heavy (non-hydrogen) atoms. The van der Waals surface area contributed by atoms with Crippen LogP contribution in [0, 0.1) is 25.7 Å². The topological polar surface area (TPSA) is 87.1 Å². The third-order valence-electron chi connectivity index (χ3n) is 7.72. The minimum absolute atomic E-state index is 0.0430. The molecule has 4 rings (SSSR count). The Kier molecular flexibility index (Phi) is 7.95. The van der Waals surface area contributed by atoms with Gasteiger partial charge in [-0.2, -0.15) is 0 Å². The molecule has 0 aromatic heterocycles. The number of carbonyl (C=O) groups excluding carboxylic acids is 3. The number of hydrogen-bond donors (Lipinski definition) is 1. The number of aryl methyl sites for hydroxylation is 2. The van der Waals surface area contributed by atoms with Crippen LogP contribution in [-0.4, -0.2) is 70.1 Å². The van der Waals surface area contributed by atoms with Gasteiger partial charge in [-0.3, -0.25) is 14.4 Å². The average Bonchev–Trinajstić information content (AvgIpc) is 3.49. The van der Waals surface area contributed by atoms with Crippen LogP contribution in [0.4, 0.5) is 5.69 Å². The second-order valence-electron chi connectivity index (χ2n) is 9.89. The number of aliphatic hydroxyl groups is 1. The summed E-state index contributed by atoms with van der Waals surface area (Å²) in [5.74, 6) is -1.86. The van der Waals surface area contributed by atoms with Gasteiger partial charge < -0.3 is 19.6 Å². The second-order valence-corrected chi connectivity index (χ2v) is 11.5. The van der Waals surface area contributed by atoms with Crippen LogP contribution in [0.3, 0.4) is 0 Å². The average molecular weight is 513 g/mol. The van der Waals surface area contributed by atoms with Crippen molar-refractivity contribution in [3.63, 3.8) is 0 Å². The molecule has 3 saturated heterocycles. The van der Waals surface area contributed by atoms with E-state index >= 15 is 0 Å². The highest BCUT2D eigenvalue weighted by atomic mass is 32.2. The Bertz CT molecular complexity index is 1040. The highest BCUT2D eigenvalue weighted by Gasteiger charge is 2.74. The number of hydrogen-bond acceptors (Lipinski definition) is 6. The zero-order chi connectivity index (χ0) is 26.0. The fourth-order valence-electron chi connectivity index (χ4n) is 6.32. The molecule has 3 fully saturated rings. The minimum Gasteiger partial charge on any atom is -0.465 e. The third-order valence-corrected chi connectivity index (χ3v) is 9.67. The smallest absolute Gasteiger partial charge is 0.310 e. The summed E-state index contributed by atoms with van der Waals surface area (Å²) in [6.45, 7) is 12.2. The number of thioether (sulfide) groups is 1. The second kappa shape index (κ2) is 10.8. The van der Waals surface area contributed by atoms with Gasteiger partial charge in [-0.1, -0.05) is 30.4 Å². The summed E-state index contributed by atoms with van der Waals surface area (Å²) in [6, 6.07) is 5.19. The van der Waals surface area contributed by atoms with Gasteiger partial charge in [0.1, 0.15) is 6.04 Å². The third kappa shape index (κ3) is 4.28. The van der Waals surface area contributed by atoms with Crippen molar-refractivity contribution >= 4 is 35.2 Å². The van der Waals surface area contributed by atoms with Crippen molar-refractivity contribution in [1.82, 2.24) is 4.90 Å². The molecular weight excluding hydrogens is 476 g/mol. The van der Waals surface area contributed by atoms with Gasteiger partial charge in [-0.25, -0.2) is 0 Å². The minimum atomic E-state index is -0.721. The number of amides is 2. The molecule has 2 unspecified atom stereocenters. The molecule has 2 bridgehead atoms. The van der Waals surface area contributed by atoms with Gasteiger partial charge in [0.2, 0.25) is 5.91 Å². The fraction of sp³-hybridized carbons (Fsp3) is 0.536. The molecule has 7 nitrogen and oxygen atoms in total. The molecule has 3 heterocycles. The highest BCUT2D eigenvalue weighted by molar-refractivity contribution is 8.02. The molecule has 2 amide bonds. The molecule has 1 spiro atoms. The first-order chi connectivity index (χ1) is 17.3. The summed E-state index contributed by atoms with van der Waals surface area (Å²) < 4.78 is 4.84. The van der Waals surface area contributed by atoms with Crippen LogP contribution in [0.5, 0.6) is 0 Å². The van der Waals surface area contributed by atoms with Crippen molar-refractivity contribution in [3.8, 4) is 0 Å². The molecule has 194 valence electrons. The number of fused-ring (bicyclic) bond motifs is 1. The van der Waals surface area contributed by atoms with E-state index in [0.717, 1.165) is 23.2 Å². The van der Waals surface area contributed by atoms with E-state index in [1.165, 1.54) is 0 Å². The molecule has 0 aliphatic carbocycles. The zero-order valence-corrected chi connectivity index (χ0v) is 22.0. The van der Waals surface area contributed by atoms with Crippen LogP contribution in [0.2, 0.25) is 0 Å². The number of benzene rings is 1. The number of rotatable bonds is 11. The molecule has 0 radical (unpaired) electrons. The predicted molar refractivity (Wildman–Crippen MR) is 142 cm³/mol. The number of anilines is 1. The number of esters is 1. The maximum Gasteiger partial charge on any atom is 0.310 e. The fourth-order valence-corrected chi connectivity index (χ4v) is 8.52. The van der Waals surface area contributed by atoms with E-state index in [1.807, 2.05) is 32.0 Å². The lowest BCUT2D eigenvalue weighted by Crippen LogP contribution is -2.55. The number of ether oxygens (including phenoxy) is 1. The molecule has 3 aliphatic rings. The van der Waals surface area contributed by atoms with E-state index in [1.54, 1.807) is 33.7 Å². The molecule has 8 heteroatoms. The molecule has 5 atom stereocenters. The van der Waals surface area contributed by atoms with Crippen molar-refractivity contribution in [2.75, 3.05) is 31.2 Å². The first-order valence-electron chi connectivity index (χ1n) is 12.7. The normalized spacial score (nSPS) is 28.2. The standard InChI is InChI=1S/C28H36N2O5S/c1-5-7-17-35-27(34)21-20-12-13-28(36-20)22(21)25(32)30(15-9-16-31)24(28)26(33)29(14-6-2)23-18(3)10-8-11-19(23)4/h5-6,8,10-11,20-22,24,31H,1-2,7,9,12-17H2,3-4H3/t20-,21+,22+,24?,28?/m1/s1. The summed E-state index contributed by atoms with van der Waals surface area (Å²) in [6.07, 6.45) is 5.76. The van der Waals surface area contributed by atoms with E-state index in [2.05, 4.69) is 13.2 Å². The molecular formula is C28H36N2O5S. The summed E-state index contributed by atoms with van der Waals surface area (Å²) in [7, 11) is 0. The Hall–Kier alpha value is -2.58. The van der Waals surface area contributed by atoms with E-state index in [0.29, 0.717) is 25.8 Å². The first kappa shape index (κ1) is 26.5. The molecule has 1 aromatic rings. The van der Waals surface area contributed by atoms with Crippen molar-refractivity contribution in [2.24, 2.45) is 11.8 Å². The number of nitrogens with zero attached hydrogens (tertiary/aromatic N) is 2. The lowest BCUT2D eigenvalue weighted by molar-refractivity contribution is -0.154. The zero-order valence-electron chi connectivity index (χ0n) is 21.2. The summed E-state index contributed by atoms with van der Waals surface area (Å²) >= 11 is 1.62. The summed E-state index contributed by atoms with van der Waals surface area (Å²) in [4.78, 5) is 44.9. The molecule has 3 aliphatic heterocycles. The Morgan fingerprint density at radius 2 is 2.00 bits per heavy atom. The lowest BCUT2D eigenvalue weighted by atomic mass is 9.71. The van der Waals surface area contributed by atoms with Crippen molar-refractivity contribution in [2.45, 2.75) is 55.6 Å². The monoisotopic (exact) mass is 512 g/mol. The van der Waals surface area contributed by atoms with Gasteiger partial charge >= 0.3 is 5.97 Å². The summed E-state index contributed by atoms with van der Waals surface area (Å²) in [5.41, 5.74) is 2.77. The van der Waals surface area contributed by atoms with Crippen molar-refractivity contribution in [3.05, 3.63) is 54.6 Å². The number of para-hydroxylation sites is 1. The quantitative estimate of drug-likeness (QED) is 0.278. The number of carbonyl (C=O) groups is 3. The predicted octanol–water partition coefficient (Wildman–Crippen LogP) is 3.42. The van der Waals surface area contributed by atoms with Gasteiger partial charge in [-0.15, -0.1) is 24.9 Å². The van der Waals surface area contributed by atoms with E-state index < -0.39 is 22.6 Å². The maximum absolute atomic E-state index is 14.5. The van der Waals surface area contributed by atoms with Crippen molar-refractivity contribution in [1.29, 1.82) is 0 Å². The maximum atomic E-state index is 14.5. The van der Waals surface area contributed by atoms with Crippen LogP contribution < -0.4 is 4.90 Å². The van der Waals surface area contributed by atoms with E-state index in [4.69, 9.17) is 4.74 Å². The Morgan fingerprint density at radius 3 is 2.64 bits per heavy atom. The Balaban J connectivity index is 1.75. The van der Waals surface area contributed by atoms with Gasteiger partial charge in [-0.05, 0) is 50.7 Å². The molecule has 0 saturated carbocycles. The SMILES string of the molecule is C=CCCOC(=O)[C@@H]1[C@H]2C(=O)N(CCCO)C(C(=O)N(CC=C)c3c(C)cccc3C)C23CC[C@H]1S3. The van der Waals surface area contributed by atoms with Crippen LogP contribution in [0.15, 0.2) is 43.5 Å². The van der Waals surface area contributed by atoms with Gasteiger partial charge in [0, 0.05) is 30.6 Å². The first-order valence-corrected chi connectivity index (χ1v) is 13.6. The number of aliphatic hydroxyl groups excluding tert-OH is 1. The molecule has 1 N–H and O–H groups in total. The Labute approximate surface area is 217 Å². The van der Waals surface area contributed by atoms with E-state index in [9.17, 15) is 19.5 Å². The Morgan fingerprint density at radius 1 is 1.28 bits per heavy atom. The van der Waals surface area contributed by atoms with Gasteiger partial charge in [0.15, 0.2) is 0 Å². The van der Waals surface area contributed by atoms with Crippen LogP contribution in [-0.2, 0) is 19.1 Å². The van der Waals surface area contributed by atoms with Crippen LogP contribution >= 0.6 is 11.8 Å². The lowest BCUT2D eigenvalue weighted by Gasteiger charge is -2.38. The van der Waals surface area contributed by atoms with E-state index in [-0.39, 0.29) is 42.8 Å². The van der Waals surface area contributed by atoms with Crippen LogP contribution in [0.1, 0.15) is 36.8 Å². The van der Waals surface area contributed by atoms with Crippen LogP contribution in [0.25, 0.3) is 0 Å². The largest absolute Gasteiger partial charge is 0.465 e. The van der Waals surface area contributed by atoms with Crippen molar-refractivity contribution < 1.29 is 24.2 Å². The summed E-state index contributed by atoms with van der Waals surface area (Å²) in [5, 5.41) is 9.50. The number of likely N-dealkylation sites (tertiary alicyclic amines) is 1. The van der Waals surface area contributed by atoms with Gasteiger partial charge in [0.25, 0.3) is 5.91 Å². The molecule has 1 aromatic carbocycles. The van der Waals surface area contributed by atoms with Gasteiger partial charge in [0.05, 0.1) is 23.2 Å². The highest BCUT2D eigenvalue weighted by Crippen LogP contribution is 2.66.